The van der Waals surface area contributed by atoms with E-state index in [1.165, 1.54) is 12.8 Å². The van der Waals surface area contributed by atoms with Crippen LogP contribution in [0.25, 0.3) is 0 Å². The van der Waals surface area contributed by atoms with Crippen molar-refractivity contribution in [1.82, 2.24) is 5.32 Å². The molecular formula is C17H33NO2. The topological polar surface area (TPSA) is 41.5 Å². The van der Waals surface area contributed by atoms with E-state index in [9.17, 15) is 5.11 Å². The second kappa shape index (κ2) is 10.4. The lowest BCUT2D eigenvalue weighted by atomic mass is 9.85. The fraction of sp³-hybridized carbons (Fsp3) is 0.882. The number of aliphatic hydroxyl groups is 1. The van der Waals surface area contributed by atoms with Gasteiger partial charge in [-0.25, -0.2) is 0 Å². The molecule has 1 rings (SSSR count). The number of hydrogen-bond donors (Lipinski definition) is 2. The molecule has 3 unspecified atom stereocenters. The van der Waals surface area contributed by atoms with Gasteiger partial charge in [-0.3, -0.25) is 0 Å². The highest BCUT2D eigenvalue weighted by molar-refractivity contribution is 4.93. The van der Waals surface area contributed by atoms with Gasteiger partial charge < -0.3 is 15.2 Å². The molecule has 0 fully saturated rings. The lowest BCUT2D eigenvalue weighted by Gasteiger charge is -2.25. The van der Waals surface area contributed by atoms with E-state index >= 15 is 0 Å². The van der Waals surface area contributed by atoms with Crippen LogP contribution in [0.2, 0.25) is 0 Å². The Morgan fingerprint density at radius 1 is 1.30 bits per heavy atom. The van der Waals surface area contributed by atoms with Crippen LogP contribution >= 0.6 is 0 Å². The summed E-state index contributed by atoms with van der Waals surface area (Å²) in [7, 11) is 0. The molecule has 0 aromatic rings. The summed E-state index contributed by atoms with van der Waals surface area (Å²) in [5.74, 6) is 2.08. The van der Waals surface area contributed by atoms with Gasteiger partial charge >= 0.3 is 0 Å². The monoisotopic (exact) mass is 283 g/mol. The first-order valence-electron chi connectivity index (χ1n) is 8.21. The Morgan fingerprint density at radius 3 is 2.75 bits per heavy atom. The first kappa shape index (κ1) is 17.7. The summed E-state index contributed by atoms with van der Waals surface area (Å²) in [6.45, 7) is 9.61. The zero-order chi connectivity index (χ0) is 14.8. The summed E-state index contributed by atoms with van der Waals surface area (Å²) in [5, 5.41) is 13.1. The summed E-state index contributed by atoms with van der Waals surface area (Å²) in [5.41, 5.74) is 0. The van der Waals surface area contributed by atoms with E-state index in [0.29, 0.717) is 25.0 Å². The number of ether oxygens (including phenoxy) is 1. The highest BCUT2D eigenvalue weighted by atomic mass is 16.5. The average molecular weight is 283 g/mol. The van der Waals surface area contributed by atoms with Gasteiger partial charge in [0.1, 0.15) is 0 Å². The molecule has 0 spiro atoms. The van der Waals surface area contributed by atoms with E-state index in [-0.39, 0.29) is 6.10 Å². The van der Waals surface area contributed by atoms with Gasteiger partial charge in [0.25, 0.3) is 0 Å². The molecule has 118 valence electrons. The van der Waals surface area contributed by atoms with Crippen LogP contribution in [0.5, 0.6) is 0 Å². The second-order valence-electron chi connectivity index (χ2n) is 6.61. The Kier molecular flexibility index (Phi) is 9.16. The molecule has 0 aliphatic heterocycles. The van der Waals surface area contributed by atoms with Crippen molar-refractivity contribution in [2.75, 3.05) is 26.3 Å². The third-order valence-corrected chi connectivity index (χ3v) is 4.08. The largest absolute Gasteiger partial charge is 0.389 e. The van der Waals surface area contributed by atoms with Crippen LogP contribution in [0.15, 0.2) is 12.2 Å². The molecule has 0 aromatic carbocycles. The van der Waals surface area contributed by atoms with Crippen LogP contribution < -0.4 is 5.32 Å². The quantitative estimate of drug-likeness (QED) is 0.478. The summed E-state index contributed by atoms with van der Waals surface area (Å²) in [6, 6.07) is 0. The third kappa shape index (κ3) is 8.03. The summed E-state index contributed by atoms with van der Waals surface area (Å²) < 4.78 is 5.68. The van der Waals surface area contributed by atoms with Crippen LogP contribution in [-0.4, -0.2) is 37.5 Å². The van der Waals surface area contributed by atoms with Gasteiger partial charge in [0.05, 0.1) is 19.3 Å². The maximum atomic E-state index is 9.85. The Balaban J connectivity index is 1.97. The van der Waals surface area contributed by atoms with Gasteiger partial charge in [-0.15, -0.1) is 0 Å². The number of allylic oxidation sites excluding steroid dienone is 2. The first-order chi connectivity index (χ1) is 9.59. The summed E-state index contributed by atoms with van der Waals surface area (Å²) in [4.78, 5) is 0. The van der Waals surface area contributed by atoms with Crippen LogP contribution in [-0.2, 0) is 4.74 Å². The minimum absolute atomic E-state index is 0.386. The number of aliphatic hydroxyl groups excluding tert-OH is 1. The molecule has 1 aliphatic rings. The Hall–Kier alpha value is -0.380. The molecule has 0 saturated heterocycles. The summed E-state index contributed by atoms with van der Waals surface area (Å²) >= 11 is 0. The van der Waals surface area contributed by atoms with Crippen molar-refractivity contribution < 1.29 is 9.84 Å². The Morgan fingerprint density at radius 2 is 2.05 bits per heavy atom. The van der Waals surface area contributed by atoms with Crippen molar-refractivity contribution in [3.63, 3.8) is 0 Å². The Labute approximate surface area is 124 Å². The average Bonchev–Trinajstić information content (AvgIpc) is 2.40. The minimum atomic E-state index is -0.386. The van der Waals surface area contributed by atoms with Crippen LogP contribution in [0.3, 0.4) is 0 Å². The molecule has 0 radical (unpaired) electrons. The molecule has 0 aromatic heterocycles. The molecule has 1 aliphatic carbocycles. The molecular weight excluding hydrogens is 250 g/mol. The number of hydrogen-bond acceptors (Lipinski definition) is 3. The SMILES string of the molecule is CC(C)CCCNCC(O)COCC1CC=CCC1C. The van der Waals surface area contributed by atoms with Crippen LogP contribution in [0.4, 0.5) is 0 Å². The van der Waals surface area contributed by atoms with Gasteiger partial charge in [0.2, 0.25) is 0 Å². The molecule has 0 saturated carbocycles. The molecule has 3 nitrogen and oxygen atoms in total. The van der Waals surface area contributed by atoms with E-state index in [1.807, 2.05) is 0 Å². The normalized spacial score (nSPS) is 24.2. The maximum absolute atomic E-state index is 9.85. The standard InChI is InChI=1S/C17H33NO2/c1-14(2)7-6-10-18-11-17(19)13-20-12-16-9-5-4-8-15(16)3/h4-5,14-19H,6-13H2,1-3H3. The first-order valence-corrected chi connectivity index (χ1v) is 8.21. The van der Waals surface area contributed by atoms with Gasteiger partial charge in [-0.1, -0.05) is 32.9 Å². The highest BCUT2D eigenvalue weighted by Crippen LogP contribution is 2.24. The molecule has 3 heteroatoms. The van der Waals surface area contributed by atoms with Crippen molar-refractivity contribution >= 4 is 0 Å². The van der Waals surface area contributed by atoms with Crippen molar-refractivity contribution in [3.8, 4) is 0 Å². The zero-order valence-electron chi connectivity index (χ0n) is 13.5. The second-order valence-corrected chi connectivity index (χ2v) is 6.61. The van der Waals surface area contributed by atoms with Gasteiger partial charge in [-0.05, 0) is 50.0 Å². The Bertz CT molecular complexity index is 266. The molecule has 0 heterocycles. The van der Waals surface area contributed by atoms with Crippen molar-refractivity contribution in [1.29, 1.82) is 0 Å². The minimum Gasteiger partial charge on any atom is -0.389 e. The van der Waals surface area contributed by atoms with Crippen LogP contribution in [0.1, 0.15) is 46.5 Å². The van der Waals surface area contributed by atoms with Crippen molar-refractivity contribution in [2.45, 2.75) is 52.6 Å². The van der Waals surface area contributed by atoms with E-state index in [0.717, 1.165) is 31.9 Å². The predicted molar refractivity (Wildman–Crippen MR) is 84.8 cm³/mol. The summed E-state index contributed by atoms with van der Waals surface area (Å²) in [6.07, 6.45) is 8.82. The van der Waals surface area contributed by atoms with Crippen molar-refractivity contribution in [2.24, 2.45) is 17.8 Å². The molecule has 3 atom stereocenters. The van der Waals surface area contributed by atoms with Gasteiger partial charge in [0, 0.05) is 6.54 Å². The maximum Gasteiger partial charge on any atom is 0.0897 e. The fourth-order valence-corrected chi connectivity index (χ4v) is 2.56. The van der Waals surface area contributed by atoms with Gasteiger partial charge in [0.15, 0.2) is 0 Å². The van der Waals surface area contributed by atoms with E-state index in [2.05, 4.69) is 38.2 Å². The molecule has 0 amide bonds. The molecule has 0 bridgehead atoms. The predicted octanol–water partition coefficient (Wildman–Crippen LogP) is 2.99. The molecule has 2 N–H and O–H groups in total. The fourth-order valence-electron chi connectivity index (χ4n) is 2.56. The van der Waals surface area contributed by atoms with E-state index < -0.39 is 0 Å². The van der Waals surface area contributed by atoms with Crippen LogP contribution in [0, 0.1) is 17.8 Å². The third-order valence-electron chi connectivity index (χ3n) is 4.08. The highest BCUT2D eigenvalue weighted by Gasteiger charge is 2.18. The molecule has 20 heavy (non-hydrogen) atoms. The van der Waals surface area contributed by atoms with E-state index in [4.69, 9.17) is 4.74 Å². The number of nitrogens with one attached hydrogen (secondary N) is 1. The van der Waals surface area contributed by atoms with Gasteiger partial charge in [-0.2, -0.15) is 0 Å². The number of rotatable bonds is 10. The lowest BCUT2D eigenvalue weighted by molar-refractivity contribution is 0.0129. The van der Waals surface area contributed by atoms with E-state index in [1.54, 1.807) is 0 Å². The van der Waals surface area contributed by atoms with Crippen molar-refractivity contribution in [3.05, 3.63) is 12.2 Å². The zero-order valence-corrected chi connectivity index (χ0v) is 13.5. The smallest absolute Gasteiger partial charge is 0.0897 e. The lowest BCUT2D eigenvalue weighted by Crippen LogP contribution is -2.32.